The Morgan fingerprint density at radius 2 is 1.94 bits per heavy atom. The number of rotatable bonds is 2. The second-order valence-electron chi connectivity index (χ2n) is 2.97. The zero-order valence-corrected chi connectivity index (χ0v) is 8.85. The normalized spacial score (nSPS) is 13.5. The van der Waals surface area contributed by atoms with Gasteiger partial charge < -0.3 is 5.11 Å². The Labute approximate surface area is 91.4 Å². The number of benzene rings is 1. The molecule has 1 N–H and O–H groups in total. The number of carboxylic acid groups (broad SMARTS) is 1. The van der Waals surface area contributed by atoms with Gasteiger partial charge in [0.25, 0.3) is 0 Å². The van der Waals surface area contributed by atoms with Crippen molar-refractivity contribution in [3.05, 3.63) is 29.3 Å². The molecule has 0 aliphatic heterocycles. The Morgan fingerprint density at radius 3 is 2.31 bits per heavy atom. The average molecular weight is 252 g/mol. The number of carbonyl (C=O) groups is 1. The van der Waals surface area contributed by atoms with Crippen LogP contribution in [-0.4, -0.2) is 21.5 Å². The maximum Gasteiger partial charge on any atom is 0.416 e. The first-order chi connectivity index (χ1) is 7.23. The topological polar surface area (TPSA) is 54.4 Å². The number of carboxylic acids is 1. The van der Waals surface area contributed by atoms with Gasteiger partial charge in [0.1, 0.15) is 0 Å². The van der Waals surface area contributed by atoms with Gasteiger partial charge in [0.15, 0.2) is 0 Å². The van der Waals surface area contributed by atoms with E-state index in [-0.39, 0.29) is 4.90 Å². The summed E-state index contributed by atoms with van der Waals surface area (Å²) in [5.74, 6) is -1.53. The first kappa shape index (κ1) is 12.7. The molecule has 0 aliphatic carbocycles. The molecule has 88 valence electrons. The predicted molar refractivity (Wildman–Crippen MR) is 50.7 cm³/mol. The van der Waals surface area contributed by atoms with Gasteiger partial charge in [0.05, 0.1) is 26.8 Å². The summed E-state index contributed by atoms with van der Waals surface area (Å²) in [7, 11) is -1.64. The second-order valence-corrected chi connectivity index (χ2v) is 4.32. The largest absolute Gasteiger partial charge is 0.478 e. The standard InChI is InChI=1S/C9H7F3O3S/c1-16(15)7-3-2-5(9(10,11)12)4-6(7)8(13)14/h2-4H,1H3,(H,13,14)/t16-/m1/s1. The van der Waals surface area contributed by atoms with Gasteiger partial charge in [0, 0.05) is 6.26 Å². The Hall–Kier alpha value is -1.37. The van der Waals surface area contributed by atoms with Gasteiger partial charge in [-0.3, -0.25) is 4.21 Å². The molecule has 0 saturated carbocycles. The number of halogens is 3. The Bertz CT molecular complexity index is 454. The van der Waals surface area contributed by atoms with Crippen LogP contribution in [0.4, 0.5) is 13.2 Å². The maximum atomic E-state index is 12.3. The summed E-state index contributed by atoms with van der Waals surface area (Å²) in [4.78, 5) is 10.6. The molecule has 0 heterocycles. The van der Waals surface area contributed by atoms with Crippen molar-refractivity contribution < 1.29 is 27.3 Å². The fourth-order valence-corrected chi connectivity index (χ4v) is 1.84. The van der Waals surface area contributed by atoms with Crippen LogP contribution >= 0.6 is 0 Å². The van der Waals surface area contributed by atoms with E-state index in [0.717, 1.165) is 6.07 Å². The molecular formula is C9H7F3O3S. The van der Waals surface area contributed by atoms with Crippen molar-refractivity contribution in [1.29, 1.82) is 0 Å². The van der Waals surface area contributed by atoms with Crippen LogP contribution in [0.5, 0.6) is 0 Å². The quantitative estimate of drug-likeness (QED) is 0.877. The SMILES string of the molecule is C[S@@](=O)c1ccc(C(F)(F)F)cc1C(=O)O. The lowest BCUT2D eigenvalue weighted by Crippen LogP contribution is -2.10. The molecule has 1 aromatic carbocycles. The molecule has 0 bridgehead atoms. The van der Waals surface area contributed by atoms with Crippen molar-refractivity contribution >= 4 is 16.8 Å². The van der Waals surface area contributed by atoms with E-state index in [0.29, 0.717) is 12.1 Å². The molecule has 3 nitrogen and oxygen atoms in total. The third-order valence-corrected chi connectivity index (χ3v) is 2.82. The van der Waals surface area contributed by atoms with Gasteiger partial charge in [0.2, 0.25) is 0 Å². The molecule has 0 aromatic heterocycles. The van der Waals surface area contributed by atoms with E-state index in [9.17, 15) is 22.2 Å². The molecule has 1 rings (SSSR count). The molecule has 0 saturated heterocycles. The molecule has 0 unspecified atom stereocenters. The highest BCUT2D eigenvalue weighted by Crippen LogP contribution is 2.31. The van der Waals surface area contributed by atoms with Crippen LogP contribution in [0.15, 0.2) is 23.1 Å². The molecular weight excluding hydrogens is 245 g/mol. The number of aromatic carboxylic acids is 1. The monoisotopic (exact) mass is 252 g/mol. The van der Waals surface area contributed by atoms with Crippen molar-refractivity contribution in [2.75, 3.05) is 6.26 Å². The molecule has 0 aliphatic rings. The lowest BCUT2D eigenvalue weighted by Gasteiger charge is -2.09. The lowest BCUT2D eigenvalue weighted by atomic mass is 10.1. The lowest BCUT2D eigenvalue weighted by molar-refractivity contribution is -0.137. The average Bonchev–Trinajstić information content (AvgIpc) is 2.15. The van der Waals surface area contributed by atoms with Gasteiger partial charge in [-0.1, -0.05) is 0 Å². The number of hydrogen-bond acceptors (Lipinski definition) is 2. The molecule has 1 atom stereocenters. The molecule has 0 spiro atoms. The van der Waals surface area contributed by atoms with Crippen molar-refractivity contribution in [3.63, 3.8) is 0 Å². The zero-order chi connectivity index (χ0) is 12.5. The molecule has 16 heavy (non-hydrogen) atoms. The van der Waals surface area contributed by atoms with Crippen LogP contribution in [0.3, 0.4) is 0 Å². The van der Waals surface area contributed by atoms with Crippen LogP contribution in [0.2, 0.25) is 0 Å². The summed E-state index contributed by atoms with van der Waals surface area (Å²) in [6, 6.07) is 2.12. The minimum Gasteiger partial charge on any atom is -0.478 e. The van der Waals surface area contributed by atoms with Gasteiger partial charge in [-0.05, 0) is 18.2 Å². The third-order valence-electron chi connectivity index (χ3n) is 1.85. The zero-order valence-electron chi connectivity index (χ0n) is 8.04. The van der Waals surface area contributed by atoms with Crippen LogP contribution < -0.4 is 0 Å². The van der Waals surface area contributed by atoms with E-state index in [2.05, 4.69) is 0 Å². The minimum atomic E-state index is -4.61. The summed E-state index contributed by atoms with van der Waals surface area (Å²) in [6.07, 6.45) is -3.41. The highest BCUT2D eigenvalue weighted by atomic mass is 32.2. The summed E-state index contributed by atoms with van der Waals surface area (Å²) in [5, 5.41) is 8.70. The molecule has 1 aromatic rings. The van der Waals surface area contributed by atoms with Crippen molar-refractivity contribution in [2.45, 2.75) is 11.1 Å². The highest BCUT2D eigenvalue weighted by molar-refractivity contribution is 7.84. The Morgan fingerprint density at radius 1 is 1.38 bits per heavy atom. The molecule has 0 fully saturated rings. The van der Waals surface area contributed by atoms with Gasteiger partial charge >= 0.3 is 12.1 Å². The Balaban J connectivity index is 3.40. The minimum absolute atomic E-state index is 0.125. The van der Waals surface area contributed by atoms with Gasteiger partial charge in [-0.15, -0.1) is 0 Å². The maximum absolute atomic E-state index is 12.3. The summed E-state index contributed by atoms with van der Waals surface area (Å²) in [6.45, 7) is 0. The third kappa shape index (κ3) is 2.60. The molecule has 0 amide bonds. The molecule has 0 radical (unpaired) electrons. The van der Waals surface area contributed by atoms with Gasteiger partial charge in [-0.25, -0.2) is 4.79 Å². The van der Waals surface area contributed by atoms with Crippen molar-refractivity contribution in [1.82, 2.24) is 0 Å². The van der Waals surface area contributed by atoms with Crippen molar-refractivity contribution in [2.24, 2.45) is 0 Å². The first-order valence-corrected chi connectivity index (χ1v) is 5.57. The van der Waals surface area contributed by atoms with Crippen LogP contribution in [-0.2, 0) is 17.0 Å². The van der Waals surface area contributed by atoms with Crippen molar-refractivity contribution in [3.8, 4) is 0 Å². The van der Waals surface area contributed by atoms with Crippen LogP contribution in [0.1, 0.15) is 15.9 Å². The van der Waals surface area contributed by atoms with Crippen LogP contribution in [0.25, 0.3) is 0 Å². The van der Waals surface area contributed by atoms with Gasteiger partial charge in [-0.2, -0.15) is 13.2 Å². The highest BCUT2D eigenvalue weighted by Gasteiger charge is 2.32. The Kier molecular flexibility index (Phi) is 3.37. The summed E-state index contributed by atoms with van der Waals surface area (Å²) >= 11 is 0. The predicted octanol–water partition coefficient (Wildman–Crippen LogP) is 2.14. The van der Waals surface area contributed by atoms with E-state index < -0.39 is 34.1 Å². The molecule has 7 heteroatoms. The van der Waals surface area contributed by atoms with E-state index in [1.54, 1.807) is 0 Å². The van der Waals surface area contributed by atoms with E-state index in [4.69, 9.17) is 5.11 Å². The van der Waals surface area contributed by atoms with E-state index in [1.807, 2.05) is 0 Å². The number of hydrogen-bond donors (Lipinski definition) is 1. The second kappa shape index (κ2) is 4.25. The summed E-state index contributed by atoms with van der Waals surface area (Å²) in [5.41, 5.74) is -1.66. The smallest absolute Gasteiger partial charge is 0.416 e. The number of alkyl halides is 3. The van der Waals surface area contributed by atoms with E-state index in [1.165, 1.54) is 6.26 Å². The fourth-order valence-electron chi connectivity index (χ4n) is 1.12. The summed E-state index contributed by atoms with van der Waals surface area (Å²) < 4.78 is 48.0. The first-order valence-electron chi connectivity index (χ1n) is 4.01. The van der Waals surface area contributed by atoms with Crippen LogP contribution in [0, 0.1) is 0 Å². The fraction of sp³-hybridized carbons (Fsp3) is 0.222. The van der Waals surface area contributed by atoms with E-state index >= 15 is 0 Å².